The van der Waals surface area contributed by atoms with Crippen LogP contribution in [0.5, 0.6) is 5.75 Å². The molecule has 1 rings (SSSR count). The maximum Gasteiger partial charge on any atom is 0.321 e. The van der Waals surface area contributed by atoms with Crippen LogP contribution < -0.4 is 10.1 Å². The Labute approximate surface area is 113 Å². The Kier molecular flexibility index (Phi) is 5.78. The number of rotatable bonds is 5. The third-order valence-electron chi connectivity index (χ3n) is 2.53. The molecule has 1 N–H and O–H groups in total. The normalized spacial score (nSPS) is 10.0. The molecule has 0 aliphatic carbocycles. The average Bonchev–Trinajstić information content (AvgIpc) is 2.34. The van der Waals surface area contributed by atoms with E-state index in [1.54, 1.807) is 23.1 Å². The van der Waals surface area contributed by atoms with Gasteiger partial charge >= 0.3 is 6.03 Å². The molecule has 0 bridgehead atoms. The number of halogens is 1. The Bertz CT molecular complexity index is 406. The predicted molar refractivity (Wildman–Crippen MR) is 74.6 cm³/mol. The summed E-state index contributed by atoms with van der Waals surface area (Å²) in [6, 6.07) is 5.09. The van der Waals surface area contributed by atoms with E-state index in [1.807, 2.05) is 20.8 Å². The van der Waals surface area contributed by atoms with E-state index in [1.165, 1.54) is 0 Å². The second kappa shape index (κ2) is 7.11. The van der Waals surface area contributed by atoms with Gasteiger partial charge in [-0.3, -0.25) is 0 Å². The fourth-order valence-electron chi connectivity index (χ4n) is 1.56. The van der Waals surface area contributed by atoms with Gasteiger partial charge in [0, 0.05) is 18.8 Å². The first-order chi connectivity index (χ1) is 8.62. The lowest BCUT2D eigenvalue weighted by Crippen LogP contribution is -2.34. The number of benzene rings is 1. The van der Waals surface area contributed by atoms with Crippen LogP contribution in [0.15, 0.2) is 18.2 Å². The van der Waals surface area contributed by atoms with Gasteiger partial charge in [-0.25, -0.2) is 4.79 Å². The molecule has 0 atom stereocenters. The molecule has 0 aliphatic rings. The van der Waals surface area contributed by atoms with Gasteiger partial charge in [-0.15, -0.1) is 0 Å². The standard InChI is InChI=1S/C13H19ClN2O2/c1-4-16(5-2)13(17)15-10-7-8-12(18-6-3)11(14)9-10/h7-9H,4-6H2,1-3H3,(H,15,17). The molecule has 0 aromatic heterocycles. The number of nitrogens with zero attached hydrogens (tertiary/aromatic N) is 1. The molecule has 4 nitrogen and oxygen atoms in total. The quantitative estimate of drug-likeness (QED) is 0.888. The molecular formula is C13H19ClN2O2. The van der Waals surface area contributed by atoms with Gasteiger partial charge in [-0.2, -0.15) is 0 Å². The molecule has 0 unspecified atom stereocenters. The molecule has 5 heteroatoms. The minimum atomic E-state index is -0.125. The minimum Gasteiger partial charge on any atom is -0.492 e. The molecule has 1 aromatic rings. The number of carbonyl (C=O) groups excluding carboxylic acids is 1. The number of nitrogens with one attached hydrogen (secondary N) is 1. The van der Waals surface area contributed by atoms with Crippen molar-refractivity contribution in [3.8, 4) is 5.75 Å². The summed E-state index contributed by atoms with van der Waals surface area (Å²) in [7, 11) is 0. The largest absolute Gasteiger partial charge is 0.492 e. The summed E-state index contributed by atoms with van der Waals surface area (Å²) in [5.41, 5.74) is 0.667. The van der Waals surface area contributed by atoms with E-state index >= 15 is 0 Å². The number of urea groups is 1. The van der Waals surface area contributed by atoms with Crippen LogP contribution >= 0.6 is 11.6 Å². The van der Waals surface area contributed by atoms with Crippen LogP contribution in [0.25, 0.3) is 0 Å². The SMILES string of the molecule is CCOc1ccc(NC(=O)N(CC)CC)cc1Cl. The highest BCUT2D eigenvalue weighted by molar-refractivity contribution is 6.32. The molecule has 0 heterocycles. The molecule has 0 saturated heterocycles. The first-order valence-corrected chi connectivity index (χ1v) is 6.48. The Morgan fingerprint density at radius 1 is 1.33 bits per heavy atom. The summed E-state index contributed by atoms with van der Waals surface area (Å²) in [5, 5.41) is 3.30. The second-order valence-corrected chi connectivity index (χ2v) is 4.09. The van der Waals surface area contributed by atoms with Crippen LogP contribution in [-0.4, -0.2) is 30.6 Å². The smallest absolute Gasteiger partial charge is 0.321 e. The summed E-state index contributed by atoms with van der Waals surface area (Å²) in [6.45, 7) is 7.68. The first kappa shape index (κ1) is 14.6. The topological polar surface area (TPSA) is 41.6 Å². The van der Waals surface area contributed by atoms with Crippen molar-refractivity contribution in [3.63, 3.8) is 0 Å². The number of anilines is 1. The highest BCUT2D eigenvalue weighted by Crippen LogP contribution is 2.27. The van der Waals surface area contributed by atoms with E-state index in [-0.39, 0.29) is 6.03 Å². The van der Waals surface area contributed by atoms with Crippen molar-refractivity contribution in [2.45, 2.75) is 20.8 Å². The molecule has 100 valence electrons. The van der Waals surface area contributed by atoms with Crippen molar-refractivity contribution in [1.29, 1.82) is 0 Å². The molecule has 18 heavy (non-hydrogen) atoms. The maximum absolute atomic E-state index is 11.8. The van der Waals surface area contributed by atoms with Crippen LogP contribution in [-0.2, 0) is 0 Å². The van der Waals surface area contributed by atoms with Gasteiger partial charge < -0.3 is 15.0 Å². The fraction of sp³-hybridized carbons (Fsp3) is 0.462. The molecule has 0 aliphatic heterocycles. The van der Waals surface area contributed by atoms with E-state index in [0.717, 1.165) is 0 Å². The van der Waals surface area contributed by atoms with Crippen molar-refractivity contribution in [1.82, 2.24) is 4.90 Å². The van der Waals surface area contributed by atoms with Gasteiger partial charge in [0.05, 0.1) is 11.6 Å². The minimum absolute atomic E-state index is 0.125. The van der Waals surface area contributed by atoms with Crippen LogP contribution in [0, 0.1) is 0 Å². The van der Waals surface area contributed by atoms with Gasteiger partial charge in [0.25, 0.3) is 0 Å². The van der Waals surface area contributed by atoms with Gasteiger partial charge in [-0.05, 0) is 39.0 Å². The summed E-state index contributed by atoms with van der Waals surface area (Å²) in [6.07, 6.45) is 0. The molecular weight excluding hydrogens is 252 g/mol. The van der Waals surface area contributed by atoms with E-state index in [2.05, 4.69) is 5.32 Å². The maximum atomic E-state index is 11.8. The number of ether oxygens (including phenoxy) is 1. The summed E-state index contributed by atoms with van der Waals surface area (Å²) < 4.78 is 5.33. The van der Waals surface area contributed by atoms with Crippen molar-refractivity contribution in [3.05, 3.63) is 23.2 Å². The number of amides is 2. The van der Waals surface area contributed by atoms with Crippen LogP contribution in [0.3, 0.4) is 0 Å². The van der Waals surface area contributed by atoms with Crippen LogP contribution in [0.4, 0.5) is 10.5 Å². The lowest BCUT2D eigenvalue weighted by atomic mass is 10.3. The molecule has 0 spiro atoms. The van der Waals surface area contributed by atoms with Crippen molar-refractivity contribution < 1.29 is 9.53 Å². The van der Waals surface area contributed by atoms with E-state index in [4.69, 9.17) is 16.3 Å². The average molecular weight is 271 g/mol. The predicted octanol–water partition coefficient (Wildman–Crippen LogP) is 3.61. The van der Waals surface area contributed by atoms with E-state index in [9.17, 15) is 4.79 Å². The van der Waals surface area contributed by atoms with Gasteiger partial charge in [0.15, 0.2) is 0 Å². The number of hydrogen-bond donors (Lipinski definition) is 1. The fourth-order valence-corrected chi connectivity index (χ4v) is 1.80. The Morgan fingerprint density at radius 3 is 2.50 bits per heavy atom. The zero-order valence-electron chi connectivity index (χ0n) is 11.0. The number of hydrogen-bond acceptors (Lipinski definition) is 2. The lowest BCUT2D eigenvalue weighted by Gasteiger charge is -2.19. The van der Waals surface area contributed by atoms with Crippen molar-refractivity contribution in [2.75, 3.05) is 25.0 Å². The van der Waals surface area contributed by atoms with Gasteiger partial charge in [0.2, 0.25) is 0 Å². The highest BCUT2D eigenvalue weighted by Gasteiger charge is 2.10. The van der Waals surface area contributed by atoms with Gasteiger partial charge in [-0.1, -0.05) is 11.6 Å². The zero-order valence-corrected chi connectivity index (χ0v) is 11.8. The Hall–Kier alpha value is -1.42. The summed E-state index contributed by atoms with van der Waals surface area (Å²) in [5.74, 6) is 0.625. The molecule has 0 radical (unpaired) electrons. The van der Waals surface area contributed by atoms with Crippen LogP contribution in [0.2, 0.25) is 5.02 Å². The highest BCUT2D eigenvalue weighted by atomic mass is 35.5. The molecule has 2 amide bonds. The van der Waals surface area contributed by atoms with E-state index in [0.29, 0.717) is 36.2 Å². The van der Waals surface area contributed by atoms with E-state index < -0.39 is 0 Å². The monoisotopic (exact) mass is 270 g/mol. The van der Waals surface area contributed by atoms with Gasteiger partial charge in [0.1, 0.15) is 5.75 Å². The molecule has 0 saturated carbocycles. The first-order valence-electron chi connectivity index (χ1n) is 6.10. The summed E-state index contributed by atoms with van der Waals surface area (Å²) in [4.78, 5) is 13.5. The Balaban J connectivity index is 2.74. The van der Waals surface area contributed by atoms with Crippen molar-refractivity contribution >= 4 is 23.3 Å². The van der Waals surface area contributed by atoms with Crippen molar-refractivity contribution in [2.24, 2.45) is 0 Å². The molecule has 0 fully saturated rings. The Morgan fingerprint density at radius 2 is 2.00 bits per heavy atom. The number of carbonyl (C=O) groups is 1. The summed E-state index contributed by atoms with van der Waals surface area (Å²) >= 11 is 6.05. The zero-order chi connectivity index (χ0) is 13.5. The molecule has 1 aromatic carbocycles. The third kappa shape index (κ3) is 3.81. The van der Waals surface area contributed by atoms with Crippen LogP contribution in [0.1, 0.15) is 20.8 Å². The third-order valence-corrected chi connectivity index (χ3v) is 2.83. The lowest BCUT2D eigenvalue weighted by molar-refractivity contribution is 0.217. The second-order valence-electron chi connectivity index (χ2n) is 3.68.